The minimum atomic E-state index is -0.489. The van der Waals surface area contributed by atoms with Crippen molar-refractivity contribution in [2.75, 3.05) is 7.05 Å². The van der Waals surface area contributed by atoms with E-state index in [2.05, 4.69) is 0 Å². The van der Waals surface area contributed by atoms with E-state index in [9.17, 15) is 9.18 Å². The first-order valence-electron chi connectivity index (χ1n) is 5.80. The fourth-order valence-corrected chi connectivity index (χ4v) is 1.68. The molecule has 3 nitrogen and oxygen atoms in total. The lowest BCUT2D eigenvalue weighted by Crippen LogP contribution is -2.41. The Kier molecular flexibility index (Phi) is 5.10. The number of nitrogens with zero attached hydrogens (tertiary/aromatic N) is 1. The van der Waals surface area contributed by atoms with Crippen molar-refractivity contribution in [2.24, 2.45) is 5.73 Å². The van der Waals surface area contributed by atoms with Crippen molar-refractivity contribution in [2.45, 2.75) is 32.4 Å². The first kappa shape index (κ1) is 13.6. The van der Waals surface area contributed by atoms with E-state index in [1.807, 2.05) is 6.92 Å². The zero-order valence-corrected chi connectivity index (χ0v) is 10.3. The molecule has 1 rings (SSSR count). The van der Waals surface area contributed by atoms with Crippen molar-refractivity contribution < 1.29 is 9.18 Å². The second-order valence-electron chi connectivity index (χ2n) is 4.18. The minimum absolute atomic E-state index is 0.143. The molecule has 0 bridgehead atoms. The van der Waals surface area contributed by atoms with Crippen LogP contribution in [0.5, 0.6) is 0 Å². The Morgan fingerprint density at radius 1 is 1.47 bits per heavy atom. The predicted octanol–water partition coefficient (Wildman–Crippen LogP) is 1.91. The van der Waals surface area contributed by atoms with Crippen molar-refractivity contribution >= 4 is 5.91 Å². The van der Waals surface area contributed by atoms with Crippen LogP contribution in [0, 0.1) is 5.82 Å². The number of carbonyl (C=O) groups is 1. The van der Waals surface area contributed by atoms with Crippen LogP contribution in [0.15, 0.2) is 24.3 Å². The number of benzene rings is 1. The fraction of sp³-hybridized carbons (Fsp3) is 0.462. The smallest absolute Gasteiger partial charge is 0.239 e. The Morgan fingerprint density at radius 2 is 2.12 bits per heavy atom. The summed E-state index contributed by atoms with van der Waals surface area (Å²) in [4.78, 5) is 13.3. The Hall–Kier alpha value is -1.42. The summed E-state index contributed by atoms with van der Waals surface area (Å²) < 4.78 is 13.4. The molecule has 0 fully saturated rings. The minimum Gasteiger partial charge on any atom is -0.340 e. The topological polar surface area (TPSA) is 46.3 Å². The molecule has 17 heavy (non-hydrogen) atoms. The highest BCUT2D eigenvalue weighted by Crippen LogP contribution is 2.10. The van der Waals surface area contributed by atoms with Crippen LogP contribution in [-0.2, 0) is 11.3 Å². The van der Waals surface area contributed by atoms with Gasteiger partial charge in [-0.05, 0) is 12.5 Å². The third kappa shape index (κ3) is 3.82. The maximum Gasteiger partial charge on any atom is 0.239 e. The molecule has 1 atom stereocenters. The lowest BCUT2D eigenvalue weighted by Gasteiger charge is -2.21. The molecule has 0 aliphatic carbocycles. The summed E-state index contributed by atoms with van der Waals surface area (Å²) in [6.45, 7) is 2.23. The molecule has 0 saturated heterocycles. The highest BCUT2D eigenvalue weighted by molar-refractivity contribution is 5.81. The molecule has 0 radical (unpaired) electrons. The second-order valence-corrected chi connectivity index (χ2v) is 4.18. The highest BCUT2D eigenvalue weighted by atomic mass is 19.1. The van der Waals surface area contributed by atoms with E-state index in [0.29, 0.717) is 12.0 Å². The Morgan fingerprint density at radius 3 is 2.71 bits per heavy atom. The SMILES string of the molecule is CCC[C@@H](N)C(=O)N(C)Cc1ccccc1F. The van der Waals surface area contributed by atoms with Crippen molar-refractivity contribution in [1.29, 1.82) is 0 Å². The standard InChI is InChI=1S/C13H19FN2O/c1-3-6-12(15)13(17)16(2)9-10-7-4-5-8-11(10)14/h4-5,7-8,12H,3,6,9,15H2,1-2H3/t12-/m1/s1. The van der Waals surface area contributed by atoms with Gasteiger partial charge in [0.05, 0.1) is 6.04 Å². The van der Waals surface area contributed by atoms with Crippen LogP contribution >= 0.6 is 0 Å². The molecular formula is C13H19FN2O. The van der Waals surface area contributed by atoms with Gasteiger partial charge in [0.2, 0.25) is 5.91 Å². The van der Waals surface area contributed by atoms with Crippen LogP contribution < -0.4 is 5.73 Å². The average Bonchev–Trinajstić information content (AvgIpc) is 2.31. The lowest BCUT2D eigenvalue weighted by atomic mass is 10.1. The van der Waals surface area contributed by atoms with E-state index < -0.39 is 6.04 Å². The fourth-order valence-electron chi connectivity index (χ4n) is 1.68. The molecule has 1 aromatic carbocycles. The van der Waals surface area contributed by atoms with E-state index in [1.54, 1.807) is 25.2 Å². The summed E-state index contributed by atoms with van der Waals surface area (Å²) in [5.74, 6) is -0.439. The molecule has 1 amide bonds. The van der Waals surface area contributed by atoms with Gasteiger partial charge >= 0.3 is 0 Å². The number of hydrogen-bond acceptors (Lipinski definition) is 2. The molecule has 0 unspecified atom stereocenters. The summed E-state index contributed by atoms with van der Waals surface area (Å²) in [6, 6.07) is 5.95. The quantitative estimate of drug-likeness (QED) is 0.851. The van der Waals surface area contributed by atoms with Crippen molar-refractivity contribution in [3.8, 4) is 0 Å². The van der Waals surface area contributed by atoms with Gasteiger partial charge in [-0.2, -0.15) is 0 Å². The Labute approximate surface area is 101 Å². The van der Waals surface area contributed by atoms with Gasteiger partial charge in [-0.1, -0.05) is 31.5 Å². The van der Waals surface area contributed by atoms with Gasteiger partial charge in [-0.25, -0.2) is 4.39 Å². The van der Waals surface area contributed by atoms with Crippen LogP contribution in [0.3, 0.4) is 0 Å². The van der Waals surface area contributed by atoms with Crippen LogP contribution in [0.25, 0.3) is 0 Å². The number of halogens is 1. The molecule has 0 spiro atoms. The molecule has 1 aromatic rings. The Balaban J connectivity index is 2.63. The maximum absolute atomic E-state index is 13.4. The molecule has 4 heteroatoms. The zero-order chi connectivity index (χ0) is 12.8. The van der Waals surface area contributed by atoms with E-state index >= 15 is 0 Å². The molecular weight excluding hydrogens is 219 g/mol. The molecule has 0 heterocycles. The zero-order valence-electron chi connectivity index (χ0n) is 10.3. The van der Waals surface area contributed by atoms with Gasteiger partial charge in [0.1, 0.15) is 5.82 Å². The third-order valence-electron chi connectivity index (χ3n) is 2.66. The summed E-state index contributed by atoms with van der Waals surface area (Å²) in [5.41, 5.74) is 6.24. The summed E-state index contributed by atoms with van der Waals surface area (Å²) in [5, 5.41) is 0. The Bertz CT molecular complexity index is 381. The number of nitrogens with two attached hydrogens (primary N) is 1. The molecule has 94 valence electrons. The van der Waals surface area contributed by atoms with E-state index in [4.69, 9.17) is 5.73 Å². The van der Waals surface area contributed by atoms with E-state index in [-0.39, 0.29) is 18.3 Å². The van der Waals surface area contributed by atoms with Gasteiger partial charge in [-0.3, -0.25) is 4.79 Å². The van der Waals surface area contributed by atoms with Gasteiger partial charge in [-0.15, -0.1) is 0 Å². The first-order valence-corrected chi connectivity index (χ1v) is 5.80. The monoisotopic (exact) mass is 238 g/mol. The van der Waals surface area contributed by atoms with Gasteiger partial charge in [0.25, 0.3) is 0 Å². The highest BCUT2D eigenvalue weighted by Gasteiger charge is 2.17. The molecule has 2 N–H and O–H groups in total. The number of amides is 1. The normalized spacial score (nSPS) is 12.2. The molecule has 0 aromatic heterocycles. The maximum atomic E-state index is 13.4. The first-order chi connectivity index (χ1) is 8.06. The molecule has 0 aliphatic rings. The van der Waals surface area contributed by atoms with Gasteiger partial charge < -0.3 is 10.6 Å². The van der Waals surface area contributed by atoms with Crippen molar-refractivity contribution in [3.05, 3.63) is 35.6 Å². The lowest BCUT2D eigenvalue weighted by molar-refractivity contribution is -0.132. The largest absolute Gasteiger partial charge is 0.340 e. The summed E-state index contributed by atoms with van der Waals surface area (Å²) >= 11 is 0. The predicted molar refractivity (Wildman–Crippen MR) is 65.8 cm³/mol. The number of hydrogen-bond donors (Lipinski definition) is 1. The van der Waals surface area contributed by atoms with Crippen LogP contribution in [0.1, 0.15) is 25.3 Å². The molecule has 0 saturated carbocycles. The van der Waals surface area contributed by atoms with Crippen molar-refractivity contribution in [3.63, 3.8) is 0 Å². The van der Waals surface area contributed by atoms with Gasteiger partial charge in [0.15, 0.2) is 0 Å². The molecule has 0 aliphatic heterocycles. The van der Waals surface area contributed by atoms with Gasteiger partial charge in [0, 0.05) is 19.2 Å². The summed E-state index contributed by atoms with van der Waals surface area (Å²) in [7, 11) is 1.64. The van der Waals surface area contributed by atoms with Crippen molar-refractivity contribution in [1.82, 2.24) is 4.90 Å². The third-order valence-corrected chi connectivity index (χ3v) is 2.66. The van der Waals surface area contributed by atoms with Crippen LogP contribution in [0.4, 0.5) is 4.39 Å². The van der Waals surface area contributed by atoms with E-state index in [1.165, 1.54) is 11.0 Å². The van der Waals surface area contributed by atoms with Crippen LogP contribution in [-0.4, -0.2) is 23.9 Å². The number of carbonyl (C=O) groups excluding carboxylic acids is 1. The number of likely N-dealkylation sites (N-methyl/N-ethyl adjacent to an activating group) is 1. The second kappa shape index (κ2) is 6.35. The van der Waals surface area contributed by atoms with Crippen LogP contribution in [0.2, 0.25) is 0 Å². The van der Waals surface area contributed by atoms with E-state index in [0.717, 1.165) is 6.42 Å². The summed E-state index contributed by atoms with van der Waals surface area (Å²) in [6.07, 6.45) is 1.51. The average molecular weight is 238 g/mol. The number of rotatable bonds is 5.